The van der Waals surface area contributed by atoms with Crippen molar-refractivity contribution in [3.63, 3.8) is 0 Å². The van der Waals surface area contributed by atoms with Gasteiger partial charge in [-0.05, 0) is 31.2 Å². The lowest BCUT2D eigenvalue weighted by molar-refractivity contribution is -0.386. The normalized spacial score (nSPS) is 21.3. The zero-order valence-electron chi connectivity index (χ0n) is 11.4. The smallest absolute Gasteiger partial charge is 0.311 e. The van der Waals surface area contributed by atoms with Crippen LogP contribution in [0.5, 0.6) is 5.75 Å². The molecule has 2 atom stereocenters. The fraction of sp³-hybridized carbons (Fsp3) is 0.538. The highest BCUT2D eigenvalue weighted by Crippen LogP contribution is 2.33. The molecule has 0 aromatic heterocycles. The van der Waals surface area contributed by atoms with Gasteiger partial charge in [-0.25, -0.2) is 4.39 Å². The van der Waals surface area contributed by atoms with Crippen molar-refractivity contribution in [2.45, 2.75) is 38.7 Å². The fourth-order valence-corrected chi connectivity index (χ4v) is 2.35. The molecule has 114 valence electrons. The molecule has 0 bridgehead atoms. The Bertz CT molecular complexity index is 459. The molecule has 0 amide bonds. The average Bonchev–Trinajstić information content (AvgIpc) is 2.32. The van der Waals surface area contributed by atoms with Gasteiger partial charge in [0.25, 0.3) is 0 Å². The van der Waals surface area contributed by atoms with Gasteiger partial charge in [0.05, 0.1) is 4.92 Å². The van der Waals surface area contributed by atoms with Gasteiger partial charge in [0, 0.05) is 12.1 Å². The van der Waals surface area contributed by atoms with Crippen LogP contribution in [0.15, 0.2) is 18.2 Å². The van der Waals surface area contributed by atoms with Gasteiger partial charge < -0.3 is 10.9 Å². The van der Waals surface area contributed by atoms with Crippen molar-refractivity contribution in [3.05, 3.63) is 34.1 Å². The molecule has 20 heavy (non-hydrogen) atoms. The third kappa shape index (κ3) is 4.31. The van der Waals surface area contributed by atoms with Crippen LogP contribution >= 0.6 is 12.4 Å². The lowest BCUT2D eigenvalue weighted by Crippen LogP contribution is -2.28. The van der Waals surface area contributed by atoms with E-state index >= 15 is 0 Å². The molecule has 5 nitrogen and oxygen atoms in total. The van der Waals surface area contributed by atoms with Gasteiger partial charge >= 0.3 is 5.69 Å². The average molecular weight is 307 g/mol. The van der Waals surface area contributed by atoms with E-state index in [2.05, 4.69) is 6.92 Å². The first kappa shape index (κ1) is 18.6. The summed E-state index contributed by atoms with van der Waals surface area (Å²) in [7, 11) is 0. The first-order valence-electron chi connectivity index (χ1n) is 6.18. The molecule has 1 aromatic rings. The second-order valence-electron chi connectivity index (χ2n) is 4.79. The first-order valence-corrected chi connectivity index (χ1v) is 6.18. The Morgan fingerprint density at radius 1 is 1.35 bits per heavy atom. The topological polar surface area (TPSA) is 87.4 Å². The molecular formula is C13H20ClFN2O3. The van der Waals surface area contributed by atoms with E-state index in [9.17, 15) is 14.5 Å². The molecule has 0 spiro atoms. The van der Waals surface area contributed by atoms with E-state index in [0.717, 1.165) is 43.9 Å². The third-order valence-corrected chi connectivity index (χ3v) is 3.43. The van der Waals surface area contributed by atoms with Gasteiger partial charge in [0.15, 0.2) is 5.75 Å². The number of rotatable bonds is 3. The van der Waals surface area contributed by atoms with Crippen LogP contribution in [0.1, 0.15) is 32.6 Å². The molecule has 1 saturated carbocycles. The van der Waals surface area contributed by atoms with Crippen molar-refractivity contribution in [1.29, 1.82) is 0 Å². The Morgan fingerprint density at radius 2 is 2.00 bits per heavy atom. The van der Waals surface area contributed by atoms with E-state index in [4.69, 9.17) is 4.74 Å². The van der Waals surface area contributed by atoms with E-state index in [0.29, 0.717) is 5.92 Å². The molecule has 1 aliphatic rings. The van der Waals surface area contributed by atoms with Crippen molar-refractivity contribution in [3.8, 4) is 5.75 Å². The second-order valence-corrected chi connectivity index (χ2v) is 4.79. The summed E-state index contributed by atoms with van der Waals surface area (Å²) in [6, 6.07) is 3.33. The summed E-state index contributed by atoms with van der Waals surface area (Å²) in [5, 5.41) is 10.9. The third-order valence-electron chi connectivity index (χ3n) is 3.43. The van der Waals surface area contributed by atoms with Gasteiger partial charge in [0.2, 0.25) is 0 Å². The molecule has 0 saturated heterocycles. The second kappa shape index (κ2) is 8.01. The highest BCUT2D eigenvalue weighted by atomic mass is 35.5. The van der Waals surface area contributed by atoms with Crippen LogP contribution in [-0.2, 0) is 0 Å². The number of nitrogens with zero attached hydrogens (tertiary/aromatic N) is 1. The minimum absolute atomic E-state index is 0. The molecule has 2 rings (SSSR count). The number of nitro benzene ring substituents is 1. The molecule has 3 N–H and O–H groups in total. The van der Waals surface area contributed by atoms with E-state index in [1.165, 1.54) is 0 Å². The number of ether oxygens (including phenoxy) is 1. The summed E-state index contributed by atoms with van der Waals surface area (Å²) >= 11 is 0. The van der Waals surface area contributed by atoms with Gasteiger partial charge in [-0.3, -0.25) is 10.1 Å². The Hall–Kier alpha value is -1.40. The summed E-state index contributed by atoms with van der Waals surface area (Å²) in [6.45, 7) is 2.06. The highest BCUT2D eigenvalue weighted by molar-refractivity contribution is 5.85. The van der Waals surface area contributed by atoms with Gasteiger partial charge in [-0.15, -0.1) is 12.4 Å². The minimum Gasteiger partial charge on any atom is -0.483 e. The number of hydrogen-bond acceptors (Lipinski definition) is 4. The number of hydrogen-bond donors (Lipinski definition) is 1. The van der Waals surface area contributed by atoms with Gasteiger partial charge in [-0.1, -0.05) is 13.3 Å². The number of nitro groups is 1. The largest absolute Gasteiger partial charge is 0.483 e. The highest BCUT2D eigenvalue weighted by Gasteiger charge is 2.26. The molecule has 1 fully saturated rings. The number of benzene rings is 1. The Labute approximate surface area is 123 Å². The quantitative estimate of drug-likeness (QED) is 0.667. The van der Waals surface area contributed by atoms with Crippen molar-refractivity contribution in [2.75, 3.05) is 0 Å². The van der Waals surface area contributed by atoms with Crippen molar-refractivity contribution < 1.29 is 14.1 Å². The van der Waals surface area contributed by atoms with E-state index in [1.807, 2.05) is 0 Å². The van der Waals surface area contributed by atoms with Crippen LogP contribution in [0.2, 0.25) is 0 Å². The summed E-state index contributed by atoms with van der Waals surface area (Å²) in [6.07, 6.45) is 4.08. The molecular weight excluding hydrogens is 287 g/mol. The van der Waals surface area contributed by atoms with Crippen LogP contribution in [-0.4, -0.2) is 11.0 Å². The van der Waals surface area contributed by atoms with Crippen LogP contribution in [0.4, 0.5) is 10.1 Å². The molecule has 0 radical (unpaired) electrons. The van der Waals surface area contributed by atoms with Gasteiger partial charge in [0.1, 0.15) is 11.9 Å². The molecule has 7 heteroatoms. The Morgan fingerprint density at radius 3 is 2.60 bits per heavy atom. The lowest BCUT2D eigenvalue weighted by atomic mass is 9.88. The standard InChI is InChI=1S/C13H16FNO3.ClH.H3N/c1-9-4-2-3-5-12(9)18-13-8-10(14)6-7-11(13)15(16)17;;/h6-9,12H,2-5H2,1H3;1H;1H3. The predicted octanol–water partition coefficient (Wildman–Crippen LogP) is 4.28. The first-order chi connectivity index (χ1) is 8.58. The number of halogens is 2. The van der Waals surface area contributed by atoms with Crippen LogP contribution in [0.25, 0.3) is 0 Å². The fourth-order valence-electron chi connectivity index (χ4n) is 2.35. The Balaban J connectivity index is 0.00000180. The molecule has 1 aliphatic carbocycles. The van der Waals surface area contributed by atoms with E-state index in [-0.39, 0.29) is 36.1 Å². The summed E-state index contributed by atoms with van der Waals surface area (Å²) in [5.74, 6) is -0.126. The Kier molecular flexibility index (Phi) is 7.45. The molecule has 1 aromatic carbocycles. The summed E-state index contributed by atoms with van der Waals surface area (Å²) in [5.41, 5.74) is -0.172. The zero-order valence-corrected chi connectivity index (χ0v) is 12.2. The minimum atomic E-state index is -0.539. The maximum absolute atomic E-state index is 13.2. The predicted molar refractivity (Wildman–Crippen MR) is 77.4 cm³/mol. The zero-order chi connectivity index (χ0) is 13.1. The van der Waals surface area contributed by atoms with Crippen LogP contribution < -0.4 is 10.9 Å². The molecule has 2 unspecified atom stereocenters. The van der Waals surface area contributed by atoms with Crippen molar-refractivity contribution >= 4 is 18.1 Å². The van der Waals surface area contributed by atoms with Crippen molar-refractivity contribution in [2.24, 2.45) is 5.92 Å². The monoisotopic (exact) mass is 306 g/mol. The van der Waals surface area contributed by atoms with Gasteiger partial charge in [-0.2, -0.15) is 0 Å². The maximum atomic E-state index is 13.2. The SMILES string of the molecule is CC1CCCCC1Oc1cc(F)ccc1[N+](=O)[O-].Cl.N. The maximum Gasteiger partial charge on any atom is 0.311 e. The molecule has 0 heterocycles. The summed E-state index contributed by atoms with van der Waals surface area (Å²) in [4.78, 5) is 10.3. The van der Waals surface area contributed by atoms with Crippen LogP contribution in [0, 0.1) is 21.8 Å². The van der Waals surface area contributed by atoms with E-state index in [1.54, 1.807) is 0 Å². The van der Waals surface area contributed by atoms with Crippen LogP contribution in [0.3, 0.4) is 0 Å². The molecule has 0 aliphatic heterocycles. The van der Waals surface area contributed by atoms with Crippen molar-refractivity contribution in [1.82, 2.24) is 6.15 Å². The van der Waals surface area contributed by atoms with E-state index < -0.39 is 10.7 Å². The lowest BCUT2D eigenvalue weighted by Gasteiger charge is -2.29. The summed E-state index contributed by atoms with van der Waals surface area (Å²) < 4.78 is 18.8.